The van der Waals surface area contributed by atoms with Crippen molar-refractivity contribution in [3.63, 3.8) is 0 Å². The molecule has 0 fully saturated rings. The van der Waals surface area contributed by atoms with Crippen LogP contribution in [0.3, 0.4) is 0 Å². The van der Waals surface area contributed by atoms with Crippen molar-refractivity contribution in [2.24, 2.45) is 0 Å². The van der Waals surface area contributed by atoms with Crippen LogP contribution in [0.4, 0.5) is 5.69 Å². The molecule has 4 heteroatoms. The van der Waals surface area contributed by atoms with Crippen LogP contribution in [0.2, 0.25) is 4.34 Å². The Morgan fingerprint density at radius 3 is 2.83 bits per heavy atom. The Hall–Kier alpha value is -1.58. The van der Waals surface area contributed by atoms with Crippen molar-refractivity contribution >= 4 is 39.5 Å². The summed E-state index contributed by atoms with van der Waals surface area (Å²) in [6, 6.07) is 9.99. The lowest BCUT2D eigenvalue weighted by Crippen LogP contribution is -1.90. The van der Waals surface area contributed by atoms with Gasteiger partial charge in [0.25, 0.3) is 0 Å². The maximum absolute atomic E-state index is 6.14. The van der Waals surface area contributed by atoms with Gasteiger partial charge in [0.2, 0.25) is 0 Å². The van der Waals surface area contributed by atoms with Crippen LogP contribution < -0.4 is 5.73 Å². The molecule has 0 amide bonds. The number of anilines is 1. The number of aromatic nitrogens is 1. The Labute approximate surface area is 114 Å². The third-order valence-corrected chi connectivity index (χ3v) is 4.51. The fourth-order valence-corrected chi connectivity index (χ4v) is 3.24. The molecule has 18 heavy (non-hydrogen) atoms. The van der Waals surface area contributed by atoms with Gasteiger partial charge in [-0.05, 0) is 30.7 Å². The van der Waals surface area contributed by atoms with Gasteiger partial charge in [-0.1, -0.05) is 23.7 Å². The molecule has 0 aliphatic heterocycles. The van der Waals surface area contributed by atoms with E-state index < -0.39 is 0 Å². The number of thiophene rings is 1. The first-order valence-electron chi connectivity index (χ1n) is 5.56. The lowest BCUT2D eigenvalue weighted by Gasteiger charge is -2.06. The fraction of sp³-hybridized carbons (Fsp3) is 0.0714. The third kappa shape index (κ3) is 1.76. The van der Waals surface area contributed by atoms with E-state index in [1.54, 1.807) is 17.5 Å². The van der Waals surface area contributed by atoms with Crippen LogP contribution in [0.1, 0.15) is 5.56 Å². The van der Waals surface area contributed by atoms with Crippen molar-refractivity contribution in [2.45, 2.75) is 6.92 Å². The molecule has 0 atom stereocenters. The Morgan fingerprint density at radius 1 is 1.28 bits per heavy atom. The lowest BCUT2D eigenvalue weighted by atomic mass is 10.1. The first kappa shape index (κ1) is 11.5. The average molecular weight is 275 g/mol. The van der Waals surface area contributed by atoms with E-state index in [1.807, 2.05) is 31.2 Å². The highest BCUT2D eigenvalue weighted by Crippen LogP contribution is 2.38. The second-order valence-corrected chi connectivity index (χ2v) is 5.82. The summed E-state index contributed by atoms with van der Waals surface area (Å²) in [6.45, 7) is 2.01. The predicted molar refractivity (Wildman–Crippen MR) is 79.2 cm³/mol. The van der Waals surface area contributed by atoms with Gasteiger partial charge >= 0.3 is 0 Å². The number of benzene rings is 1. The molecule has 0 saturated heterocycles. The maximum Gasteiger partial charge on any atom is 0.0963 e. The minimum atomic E-state index is 0.703. The highest BCUT2D eigenvalue weighted by molar-refractivity contribution is 7.19. The topological polar surface area (TPSA) is 38.9 Å². The molecule has 0 unspecified atom stereocenters. The van der Waals surface area contributed by atoms with Gasteiger partial charge in [0, 0.05) is 22.0 Å². The van der Waals surface area contributed by atoms with Gasteiger partial charge in [0.15, 0.2) is 0 Å². The summed E-state index contributed by atoms with van der Waals surface area (Å²) < 4.78 is 0.832. The monoisotopic (exact) mass is 274 g/mol. The smallest absolute Gasteiger partial charge is 0.0963 e. The van der Waals surface area contributed by atoms with Gasteiger partial charge in [0.1, 0.15) is 0 Å². The zero-order valence-electron chi connectivity index (χ0n) is 9.77. The van der Waals surface area contributed by atoms with E-state index in [2.05, 4.69) is 11.1 Å². The molecular weight excluding hydrogens is 264 g/mol. The van der Waals surface area contributed by atoms with Crippen molar-refractivity contribution in [2.75, 3.05) is 5.73 Å². The number of fused-ring (bicyclic) bond motifs is 1. The van der Waals surface area contributed by atoms with E-state index in [0.29, 0.717) is 5.69 Å². The van der Waals surface area contributed by atoms with Crippen LogP contribution in [0, 0.1) is 6.92 Å². The number of nitrogen functional groups attached to an aromatic ring is 1. The highest BCUT2D eigenvalue weighted by atomic mass is 35.5. The van der Waals surface area contributed by atoms with Crippen molar-refractivity contribution in [3.05, 3.63) is 46.4 Å². The Bertz CT molecular complexity index is 714. The Balaban J connectivity index is 2.33. The average Bonchev–Trinajstić information content (AvgIpc) is 2.70. The summed E-state index contributed by atoms with van der Waals surface area (Å²) in [7, 11) is 0. The van der Waals surface area contributed by atoms with Crippen LogP contribution >= 0.6 is 22.9 Å². The number of hydrogen-bond donors (Lipinski definition) is 1. The minimum absolute atomic E-state index is 0.703. The normalized spacial score (nSPS) is 11.0. The SMILES string of the molecule is Cc1cc(-c2ccc(N)c3ncccc23)sc1Cl. The Kier molecular flexibility index (Phi) is 2.73. The molecule has 2 heterocycles. The van der Waals surface area contributed by atoms with Crippen LogP contribution in [0.15, 0.2) is 36.5 Å². The number of rotatable bonds is 1. The molecule has 90 valence electrons. The summed E-state index contributed by atoms with van der Waals surface area (Å²) in [5.74, 6) is 0. The van der Waals surface area contributed by atoms with Gasteiger partial charge in [-0.15, -0.1) is 11.3 Å². The van der Waals surface area contributed by atoms with Gasteiger partial charge < -0.3 is 5.73 Å². The van der Waals surface area contributed by atoms with Gasteiger partial charge in [-0.3, -0.25) is 4.98 Å². The molecule has 0 aliphatic carbocycles. The minimum Gasteiger partial charge on any atom is -0.397 e. The fourth-order valence-electron chi connectivity index (χ4n) is 2.00. The zero-order chi connectivity index (χ0) is 12.7. The number of nitrogens with two attached hydrogens (primary N) is 1. The number of aryl methyl sites for hydroxylation is 1. The zero-order valence-corrected chi connectivity index (χ0v) is 11.3. The predicted octanol–water partition coefficient (Wildman–Crippen LogP) is 4.51. The summed E-state index contributed by atoms with van der Waals surface area (Å²) in [6.07, 6.45) is 1.76. The molecule has 0 aliphatic rings. The second kappa shape index (κ2) is 4.26. The van der Waals surface area contributed by atoms with E-state index >= 15 is 0 Å². The summed E-state index contributed by atoms with van der Waals surface area (Å²) >= 11 is 7.72. The van der Waals surface area contributed by atoms with E-state index in [-0.39, 0.29) is 0 Å². The second-order valence-electron chi connectivity index (χ2n) is 4.17. The van der Waals surface area contributed by atoms with Crippen molar-refractivity contribution in [1.82, 2.24) is 4.98 Å². The quantitative estimate of drug-likeness (QED) is 0.663. The van der Waals surface area contributed by atoms with E-state index in [4.69, 9.17) is 17.3 Å². The summed E-state index contributed by atoms with van der Waals surface area (Å²) in [4.78, 5) is 5.49. The van der Waals surface area contributed by atoms with Gasteiger partial charge in [-0.25, -0.2) is 0 Å². The molecule has 0 bridgehead atoms. The largest absolute Gasteiger partial charge is 0.397 e. The summed E-state index contributed by atoms with van der Waals surface area (Å²) in [5.41, 5.74) is 9.73. The molecule has 2 nitrogen and oxygen atoms in total. The maximum atomic E-state index is 6.14. The number of halogens is 1. The number of pyridine rings is 1. The highest BCUT2D eigenvalue weighted by Gasteiger charge is 2.10. The Morgan fingerprint density at radius 2 is 2.11 bits per heavy atom. The molecule has 3 rings (SSSR count). The molecule has 0 saturated carbocycles. The van der Waals surface area contributed by atoms with E-state index in [0.717, 1.165) is 31.2 Å². The van der Waals surface area contributed by atoms with Gasteiger partial charge in [0.05, 0.1) is 15.5 Å². The number of hydrogen-bond acceptors (Lipinski definition) is 3. The van der Waals surface area contributed by atoms with Crippen LogP contribution in [0.5, 0.6) is 0 Å². The first-order chi connectivity index (χ1) is 8.66. The van der Waals surface area contributed by atoms with E-state index in [1.165, 1.54) is 0 Å². The van der Waals surface area contributed by atoms with Crippen molar-refractivity contribution in [1.29, 1.82) is 0 Å². The van der Waals surface area contributed by atoms with E-state index in [9.17, 15) is 0 Å². The standard InChI is InChI=1S/C14H11ClN2S/c1-8-7-12(18-14(8)15)9-4-5-11(16)13-10(9)3-2-6-17-13/h2-7H,16H2,1H3. The molecule has 0 spiro atoms. The van der Waals surface area contributed by atoms with Crippen LogP contribution in [-0.4, -0.2) is 4.98 Å². The number of nitrogens with zero attached hydrogens (tertiary/aromatic N) is 1. The third-order valence-electron chi connectivity index (χ3n) is 2.92. The first-order valence-corrected chi connectivity index (χ1v) is 6.76. The van der Waals surface area contributed by atoms with Crippen molar-refractivity contribution in [3.8, 4) is 10.4 Å². The van der Waals surface area contributed by atoms with Gasteiger partial charge in [-0.2, -0.15) is 0 Å². The molecular formula is C14H11ClN2S. The van der Waals surface area contributed by atoms with Crippen LogP contribution in [0.25, 0.3) is 21.3 Å². The molecule has 2 aromatic heterocycles. The molecule has 3 aromatic rings. The lowest BCUT2D eigenvalue weighted by molar-refractivity contribution is 1.41. The van der Waals surface area contributed by atoms with Crippen LogP contribution in [-0.2, 0) is 0 Å². The molecule has 0 radical (unpaired) electrons. The molecule has 2 N–H and O–H groups in total. The van der Waals surface area contributed by atoms with Crippen molar-refractivity contribution < 1.29 is 0 Å². The molecule has 1 aromatic carbocycles. The summed E-state index contributed by atoms with van der Waals surface area (Å²) in [5, 5.41) is 1.07.